The number of carboxylic acid groups (broad SMARTS) is 1. The second kappa shape index (κ2) is 7.45. The number of nitrogens with zero attached hydrogens (tertiary/aromatic N) is 1. The summed E-state index contributed by atoms with van der Waals surface area (Å²) < 4.78 is 0. The van der Waals surface area contributed by atoms with Gasteiger partial charge in [0.1, 0.15) is 12.0 Å². The number of hydrogen-bond acceptors (Lipinski definition) is 3. The molecule has 1 heterocycles. The number of rotatable bonds is 4. The van der Waals surface area contributed by atoms with Gasteiger partial charge in [0.25, 0.3) is 5.91 Å². The number of anilines is 2. The molecule has 2 aromatic rings. The quantitative estimate of drug-likeness (QED) is 0.767. The Morgan fingerprint density at radius 3 is 2.35 bits per heavy atom. The standard InChI is InChI=1S/C18H16ClN3O4/c19-11-6-8-12(9-7-11)20-18(26)21-15-14(17(24)25)10-22(16(15)23)13-4-2-1-3-5-13/h1-9,14-15H,10H2,(H,24,25)(H2,20,21,26)/t14-,15+/m0/s1. The van der Waals surface area contributed by atoms with Gasteiger partial charge in [-0.2, -0.15) is 0 Å². The van der Waals surface area contributed by atoms with Gasteiger partial charge in [-0.3, -0.25) is 9.59 Å². The minimum atomic E-state index is -1.15. The molecule has 3 N–H and O–H groups in total. The molecule has 8 heteroatoms. The van der Waals surface area contributed by atoms with Crippen molar-refractivity contribution >= 4 is 40.9 Å². The molecule has 26 heavy (non-hydrogen) atoms. The van der Waals surface area contributed by atoms with Crippen molar-refractivity contribution in [3.63, 3.8) is 0 Å². The maximum Gasteiger partial charge on any atom is 0.319 e. The third-order valence-corrected chi connectivity index (χ3v) is 4.34. The van der Waals surface area contributed by atoms with Crippen LogP contribution in [0.4, 0.5) is 16.2 Å². The average Bonchev–Trinajstić information content (AvgIpc) is 2.95. The van der Waals surface area contributed by atoms with E-state index in [1.807, 2.05) is 0 Å². The van der Waals surface area contributed by atoms with Crippen LogP contribution < -0.4 is 15.5 Å². The lowest BCUT2D eigenvalue weighted by molar-refractivity contribution is -0.142. The van der Waals surface area contributed by atoms with Gasteiger partial charge in [0.15, 0.2) is 0 Å². The Kier molecular flexibility index (Phi) is 5.09. The lowest BCUT2D eigenvalue weighted by atomic mass is 10.0. The van der Waals surface area contributed by atoms with Crippen molar-refractivity contribution in [1.29, 1.82) is 0 Å². The van der Waals surface area contributed by atoms with Gasteiger partial charge in [-0.05, 0) is 36.4 Å². The van der Waals surface area contributed by atoms with Crippen LogP contribution >= 0.6 is 11.6 Å². The topological polar surface area (TPSA) is 98.7 Å². The second-order valence-electron chi connectivity index (χ2n) is 5.81. The molecule has 1 aliphatic heterocycles. The predicted octanol–water partition coefficient (Wildman–Crippen LogP) is 2.58. The normalized spacial score (nSPS) is 19.3. The Labute approximate surface area is 154 Å². The van der Waals surface area contributed by atoms with Crippen LogP contribution in [0, 0.1) is 5.92 Å². The number of urea groups is 1. The average molecular weight is 374 g/mol. The molecule has 3 rings (SSSR count). The maximum atomic E-state index is 12.7. The van der Waals surface area contributed by atoms with E-state index in [2.05, 4.69) is 10.6 Å². The van der Waals surface area contributed by atoms with Crippen molar-refractivity contribution in [3.8, 4) is 0 Å². The highest BCUT2D eigenvalue weighted by Gasteiger charge is 2.45. The van der Waals surface area contributed by atoms with E-state index in [9.17, 15) is 19.5 Å². The van der Waals surface area contributed by atoms with Crippen molar-refractivity contribution < 1.29 is 19.5 Å². The molecule has 1 aliphatic rings. The third-order valence-electron chi connectivity index (χ3n) is 4.09. The minimum absolute atomic E-state index is 0.00985. The molecule has 1 saturated heterocycles. The Balaban J connectivity index is 1.74. The molecule has 0 saturated carbocycles. The molecule has 0 bridgehead atoms. The van der Waals surface area contributed by atoms with Crippen LogP contribution in [0.5, 0.6) is 0 Å². The van der Waals surface area contributed by atoms with E-state index < -0.39 is 29.9 Å². The number of amides is 3. The van der Waals surface area contributed by atoms with Crippen molar-refractivity contribution in [2.45, 2.75) is 6.04 Å². The summed E-state index contributed by atoms with van der Waals surface area (Å²) in [6.07, 6.45) is 0. The van der Waals surface area contributed by atoms with Gasteiger partial charge in [0, 0.05) is 22.9 Å². The first-order chi connectivity index (χ1) is 12.5. The summed E-state index contributed by atoms with van der Waals surface area (Å²) in [4.78, 5) is 37.8. The Morgan fingerprint density at radius 1 is 1.08 bits per heavy atom. The highest BCUT2D eigenvalue weighted by atomic mass is 35.5. The zero-order valence-electron chi connectivity index (χ0n) is 13.6. The lowest BCUT2D eigenvalue weighted by Crippen LogP contribution is -2.47. The van der Waals surface area contributed by atoms with E-state index in [1.54, 1.807) is 54.6 Å². The molecule has 134 valence electrons. The molecule has 2 aromatic carbocycles. The number of para-hydroxylation sites is 1. The number of hydrogen-bond donors (Lipinski definition) is 3. The summed E-state index contributed by atoms with van der Waals surface area (Å²) in [5.74, 6) is -2.65. The summed E-state index contributed by atoms with van der Waals surface area (Å²) in [7, 11) is 0. The van der Waals surface area contributed by atoms with Crippen LogP contribution in [0.15, 0.2) is 54.6 Å². The van der Waals surface area contributed by atoms with Gasteiger partial charge in [-0.25, -0.2) is 4.79 Å². The fraction of sp³-hybridized carbons (Fsp3) is 0.167. The number of carbonyl (C=O) groups is 3. The van der Waals surface area contributed by atoms with Gasteiger partial charge in [0.2, 0.25) is 0 Å². The molecule has 0 aliphatic carbocycles. The van der Waals surface area contributed by atoms with Crippen molar-refractivity contribution in [2.24, 2.45) is 5.92 Å². The van der Waals surface area contributed by atoms with Crippen LogP contribution in [0.25, 0.3) is 0 Å². The molecule has 3 amide bonds. The van der Waals surface area contributed by atoms with Crippen molar-refractivity contribution in [2.75, 3.05) is 16.8 Å². The smallest absolute Gasteiger partial charge is 0.319 e. The molecule has 0 radical (unpaired) electrons. The minimum Gasteiger partial charge on any atom is -0.481 e. The molecule has 0 unspecified atom stereocenters. The first-order valence-electron chi connectivity index (χ1n) is 7.88. The van der Waals surface area contributed by atoms with Gasteiger partial charge in [-0.15, -0.1) is 0 Å². The van der Waals surface area contributed by atoms with Crippen LogP contribution in [-0.2, 0) is 9.59 Å². The molecule has 7 nitrogen and oxygen atoms in total. The SMILES string of the molecule is O=C(Nc1ccc(Cl)cc1)N[C@H]1C(=O)N(c2ccccc2)C[C@@H]1C(=O)O. The van der Waals surface area contributed by atoms with E-state index in [4.69, 9.17) is 11.6 Å². The van der Waals surface area contributed by atoms with E-state index in [0.29, 0.717) is 16.4 Å². The summed E-state index contributed by atoms with van der Waals surface area (Å²) in [6, 6.07) is 13.3. The van der Waals surface area contributed by atoms with E-state index in [-0.39, 0.29) is 6.54 Å². The number of benzene rings is 2. The fourth-order valence-corrected chi connectivity index (χ4v) is 2.92. The lowest BCUT2D eigenvalue weighted by Gasteiger charge is -2.17. The summed E-state index contributed by atoms with van der Waals surface area (Å²) >= 11 is 5.79. The molecular formula is C18H16ClN3O4. The molecule has 0 spiro atoms. The molecule has 2 atom stereocenters. The van der Waals surface area contributed by atoms with Crippen LogP contribution in [0.3, 0.4) is 0 Å². The van der Waals surface area contributed by atoms with Gasteiger partial charge in [-0.1, -0.05) is 29.8 Å². The van der Waals surface area contributed by atoms with Crippen LogP contribution in [0.2, 0.25) is 5.02 Å². The van der Waals surface area contributed by atoms with Gasteiger partial charge >= 0.3 is 12.0 Å². The Bertz CT molecular complexity index is 826. The number of carbonyl (C=O) groups excluding carboxylic acids is 2. The summed E-state index contributed by atoms with van der Waals surface area (Å²) in [5.41, 5.74) is 1.07. The highest BCUT2D eigenvalue weighted by molar-refractivity contribution is 6.30. The van der Waals surface area contributed by atoms with E-state index in [1.165, 1.54) is 4.90 Å². The number of carboxylic acids is 1. The maximum absolute atomic E-state index is 12.7. The van der Waals surface area contributed by atoms with Crippen molar-refractivity contribution in [1.82, 2.24) is 5.32 Å². The van der Waals surface area contributed by atoms with Gasteiger partial charge in [0.05, 0.1) is 0 Å². The van der Waals surface area contributed by atoms with Gasteiger partial charge < -0.3 is 20.6 Å². The molecule has 0 aromatic heterocycles. The van der Waals surface area contributed by atoms with Crippen LogP contribution in [-0.4, -0.2) is 35.6 Å². The third kappa shape index (κ3) is 3.78. The zero-order chi connectivity index (χ0) is 18.7. The number of aliphatic carboxylic acids is 1. The summed E-state index contributed by atoms with van der Waals surface area (Å²) in [6.45, 7) is -0.00985. The number of halogens is 1. The largest absolute Gasteiger partial charge is 0.481 e. The summed E-state index contributed by atoms with van der Waals surface area (Å²) in [5, 5.41) is 15.0. The first-order valence-corrected chi connectivity index (χ1v) is 8.26. The Morgan fingerprint density at radius 2 is 1.73 bits per heavy atom. The van der Waals surface area contributed by atoms with Crippen LogP contribution in [0.1, 0.15) is 0 Å². The Hall–Kier alpha value is -3.06. The fourth-order valence-electron chi connectivity index (χ4n) is 2.80. The van der Waals surface area contributed by atoms with E-state index >= 15 is 0 Å². The molecule has 1 fully saturated rings. The molecular weight excluding hydrogens is 358 g/mol. The first kappa shape index (κ1) is 17.8. The monoisotopic (exact) mass is 373 g/mol. The zero-order valence-corrected chi connectivity index (χ0v) is 14.3. The second-order valence-corrected chi connectivity index (χ2v) is 6.25. The number of nitrogens with one attached hydrogen (secondary N) is 2. The highest BCUT2D eigenvalue weighted by Crippen LogP contribution is 2.25. The van der Waals surface area contributed by atoms with E-state index in [0.717, 1.165) is 0 Å². The predicted molar refractivity (Wildman–Crippen MR) is 97.3 cm³/mol. The van der Waals surface area contributed by atoms with Crippen molar-refractivity contribution in [3.05, 3.63) is 59.6 Å².